The van der Waals surface area contributed by atoms with Gasteiger partial charge in [0.15, 0.2) is 17.5 Å². The van der Waals surface area contributed by atoms with Crippen molar-refractivity contribution < 1.29 is 38.1 Å². The fourth-order valence-electron chi connectivity index (χ4n) is 2.29. The van der Waals surface area contributed by atoms with Crippen LogP contribution in [0, 0.1) is 0 Å². The molecule has 0 spiro atoms. The lowest BCUT2D eigenvalue weighted by Gasteiger charge is -2.24. The average Bonchev–Trinajstić information content (AvgIpc) is 3.14. The third-order valence-electron chi connectivity index (χ3n) is 3.34. The molecule has 1 aliphatic carbocycles. The second-order valence-electron chi connectivity index (χ2n) is 5.10. The second-order valence-corrected chi connectivity index (χ2v) is 5.10. The van der Waals surface area contributed by atoms with Crippen molar-refractivity contribution in [3.8, 4) is 0 Å². The van der Waals surface area contributed by atoms with E-state index < -0.39 is 41.5 Å². The van der Waals surface area contributed by atoms with Gasteiger partial charge in [-0.25, -0.2) is 0 Å². The molecule has 0 amide bonds. The maximum absolute atomic E-state index is 12.2. The lowest BCUT2D eigenvalue weighted by molar-refractivity contribution is -0.148. The van der Waals surface area contributed by atoms with Crippen LogP contribution in [0.25, 0.3) is 0 Å². The zero-order valence-electron chi connectivity index (χ0n) is 12.4. The maximum atomic E-state index is 12.2. The van der Waals surface area contributed by atoms with Crippen molar-refractivity contribution >= 4 is 23.7 Å². The van der Waals surface area contributed by atoms with Gasteiger partial charge in [0.25, 0.3) is 0 Å². The van der Waals surface area contributed by atoms with Crippen molar-refractivity contribution in [3.05, 3.63) is 11.6 Å². The molecule has 22 heavy (non-hydrogen) atoms. The number of ether oxygens (including phenoxy) is 4. The summed E-state index contributed by atoms with van der Waals surface area (Å²) in [7, 11) is 0. The third kappa shape index (κ3) is 3.16. The average molecular weight is 312 g/mol. The number of esters is 3. The van der Waals surface area contributed by atoms with E-state index in [4.69, 9.17) is 18.9 Å². The van der Waals surface area contributed by atoms with Crippen LogP contribution in [0.4, 0.5) is 0 Å². The molecule has 0 unspecified atom stereocenters. The molecule has 2 rings (SSSR count). The van der Waals surface area contributed by atoms with Gasteiger partial charge >= 0.3 is 17.9 Å². The molecular formula is C14H16O8. The number of rotatable bonds is 5. The number of carbonyl (C=O) groups is 4. The summed E-state index contributed by atoms with van der Waals surface area (Å²) in [5, 5.41) is 0. The Labute approximate surface area is 126 Å². The van der Waals surface area contributed by atoms with Crippen LogP contribution in [-0.4, -0.2) is 54.7 Å². The Hall–Kier alpha value is -2.22. The first-order valence-corrected chi connectivity index (χ1v) is 6.63. The zero-order valence-corrected chi connectivity index (χ0v) is 12.4. The summed E-state index contributed by atoms with van der Waals surface area (Å²) in [5.74, 6) is -2.05. The van der Waals surface area contributed by atoms with E-state index in [-0.39, 0.29) is 13.2 Å². The minimum absolute atomic E-state index is 0.178. The highest BCUT2D eigenvalue weighted by atomic mass is 16.7. The first kappa shape index (κ1) is 16.2. The van der Waals surface area contributed by atoms with Gasteiger partial charge < -0.3 is 18.9 Å². The van der Waals surface area contributed by atoms with E-state index >= 15 is 0 Å². The van der Waals surface area contributed by atoms with Gasteiger partial charge in [-0.2, -0.15) is 0 Å². The van der Waals surface area contributed by atoms with Crippen LogP contribution >= 0.6 is 0 Å². The molecule has 1 heterocycles. The molecular weight excluding hydrogens is 296 g/mol. The molecule has 0 aromatic carbocycles. The van der Waals surface area contributed by atoms with Crippen molar-refractivity contribution in [2.24, 2.45) is 0 Å². The Morgan fingerprint density at radius 2 is 1.77 bits per heavy atom. The predicted molar refractivity (Wildman–Crippen MR) is 69.5 cm³/mol. The lowest BCUT2D eigenvalue weighted by atomic mass is 9.87. The van der Waals surface area contributed by atoms with Gasteiger partial charge in [0, 0.05) is 26.3 Å². The van der Waals surface area contributed by atoms with E-state index in [1.807, 2.05) is 0 Å². The van der Waals surface area contributed by atoms with Gasteiger partial charge in [-0.05, 0) is 6.08 Å². The van der Waals surface area contributed by atoms with E-state index in [1.54, 1.807) is 0 Å². The topological polar surface area (TPSA) is 109 Å². The fourth-order valence-corrected chi connectivity index (χ4v) is 2.29. The third-order valence-corrected chi connectivity index (χ3v) is 3.34. The molecule has 0 aromatic rings. The Morgan fingerprint density at radius 1 is 1.14 bits per heavy atom. The fraction of sp³-hybridized carbons (Fsp3) is 0.571. The van der Waals surface area contributed by atoms with E-state index in [0.29, 0.717) is 5.57 Å². The number of epoxide rings is 1. The summed E-state index contributed by atoms with van der Waals surface area (Å²) in [5.41, 5.74) is -0.984. The molecule has 2 aliphatic rings. The minimum Gasteiger partial charge on any atom is -0.462 e. The first-order valence-electron chi connectivity index (χ1n) is 6.63. The van der Waals surface area contributed by atoms with Crippen molar-refractivity contribution in [2.75, 3.05) is 13.2 Å². The second kappa shape index (κ2) is 5.88. The van der Waals surface area contributed by atoms with Gasteiger partial charge in [0.2, 0.25) is 0 Å². The molecule has 0 bridgehead atoms. The van der Waals surface area contributed by atoms with Gasteiger partial charge in [0.05, 0.1) is 0 Å². The molecule has 0 radical (unpaired) electrons. The van der Waals surface area contributed by atoms with Crippen molar-refractivity contribution in [1.82, 2.24) is 0 Å². The van der Waals surface area contributed by atoms with Crippen LogP contribution in [0.5, 0.6) is 0 Å². The number of hydrogen-bond donors (Lipinski definition) is 0. The molecule has 120 valence electrons. The summed E-state index contributed by atoms with van der Waals surface area (Å²) in [4.78, 5) is 45.2. The molecule has 0 N–H and O–H groups in total. The van der Waals surface area contributed by atoms with Crippen LogP contribution in [0.1, 0.15) is 20.8 Å². The first-order chi connectivity index (χ1) is 10.3. The minimum atomic E-state index is -1.31. The number of ketones is 1. The van der Waals surface area contributed by atoms with E-state index in [0.717, 1.165) is 0 Å². The highest BCUT2D eigenvalue weighted by Gasteiger charge is 2.69. The van der Waals surface area contributed by atoms with E-state index in [2.05, 4.69) is 0 Å². The van der Waals surface area contributed by atoms with Crippen LogP contribution in [0.15, 0.2) is 11.6 Å². The largest absolute Gasteiger partial charge is 0.462 e. The molecule has 1 saturated heterocycles. The zero-order chi connectivity index (χ0) is 16.5. The smallest absolute Gasteiger partial charge is 0.303 e. The predicted octanol–water partition coefficient (Wildman–Crippen LogP) is -0.309. The molecule has 8 heteroatoms. The molecule has 0 aromatic heterocycles. The van der Waals surface area contributed by atoms with Crippen molar-refractivity contribution in [3.63, 3.8) is 0 Å². The van der Waals surface area contributed by atoms with Gasteiger partial charge in [-0.1, -0.05) is 0 Å². The molecule has 3 atom stereocenters. The number of fused-ring (bicyclic) bond motifs is 1. The normalized spacial score (nSPS) is 29.0. The maximum Gasteiger partial charge on any atom is 0.303 e. The Morgan fingerprint density at radius 3 is 2.32 bits per heavy atom. The SMILES string of the molecule is CC(=O)OCC1=CC(=O)[C@@]2(COC(C)=O)O[C@H]2[C@@H]1OC(C)=O. The molecule has 0 saturated carbocycles. The number of carbonyl (C=O) groups excluding carboxylic acids is 4. The van der Waals surface area contributed by atoms with Gasteiger partial charge in [0.1, 0.15) is 19.3 Å². The highest BCUT2D eigenvalue weighted by Crippen LogP contribution is 2.46. The summed E-state index contributed by atoms with van der Waals surface area (Å²) in [6.45, 7) is 3.23. The highest BCUT2D eigenvalue weighted by molar-refractivity contribution is 6.02. The Balaban J connectivity index is 2.18. The standard InChI is InChI=1S/C14H16O8/c1-7(15)19-5-10-4-11(18)14(6-20-8(2)16)13(22-14)12(10)21-9(3)17/h4,12-13H,5-6H2,1-3H3/t12-,13+,14-/m1/s1. The van der Waals surface area contributed by atoms with Crippen LogP contribution < -0.4 is 0 Å². The molecule has 1 fully saturated rings. The Bertz CT molecular complexity index is 563. The van der Waals surface area contributed by atoms with Crippen molar-refractivity contribution in [2.45, 2.75) is 38.6 Å². The monoisotopic (exact) mass is 312 g/mol. The van der Waals surface area contributed by atoms with Crippen molar-refractivity contribution in [1.29, 1.82) is 0 Å². The van der Waals surface area contributed by atoms with Gasteiger partial charge in [-0.3, -0.25) is 19.2 Å². The lowest BCUT2D eigenvalue weighted by Crippen LogP contribution is -2.43. The number of hydrogen-bond acceptors (Lipinski definition) is 8. The molecule has 8 nitrogen and oxygen atoms in total. The summed E-state index contributed by atoms with van der Waals surface area (Å²) >= 11 is 0. The van der Waals surface area contributed by atoms with Gasteiger partial charge in [-0.15, -0.1) is 0 Å². The van der Waals surface area contributed by atoms with Crippen LogP contribution in [0.3, 0.4) is 0 Å². The Kier molecular flexibility index (Phi) is 4.32. The summed E-state index contributed by atoms with van der Waals surface area (Å²) < 4.78 is 20.2. The molecule has 1 aliphatic heterocycles. The summed E-state index contributed by atoms with van der Waals surface area (Å²) in [6, 6.07) is 0. The summed E-state index contributed by atoms with van der Waals surface area (Å²) in [6.07, 6.45) is -0.396. The van der Waals surface area contributed by atoms with E-state index in [9.17, 15) is 19.2 Å². The van der Waals surface area contributed by atoms with Crippen LogP contribution in [0.2, 0.25) is 0 Å². The quantitative estimate of drug-likeness (QED) is 0.386. The van der Waals surface area contributed by atoms with E-state index in [1.165, 1.54) is 26.8 Å². The van der Waals surface area contributed by atoms with Crippen LogP contribution in [-0.2, 0) is 38.1 Å².